The Kier molecular flexibility index (Phi) is 4.17. The van der Waals surface area contributed by atoms with Gasteiger partial charge >= 0.3 is 0 Å². The van der Waals surface area contributed by atoms with E-state index in [1.54, 1.807) is 0 Å². The van der Waals surface area contributed by atoms with E-state index in [4.69, 9.17) is 0 Å². The Bertz CT molecular complexity index is 321. The Balaban J connectivity index is 2.00. The third kappa shape index (κ3) is 2.74. The van der Waals surface area contributed by atoms with Gasteiger partial charge in [-0.1, -0.05) is 6.92 Å². The molecular weight excluding hydrogens is 222 g/mol. The van der Waals surface area contributed by atoms with Gasteiger partial charge in [-0.15, -0.1) is 5.10 Å². The maximum atomic E-state index is 4.11. The van der Waals surface area contributed by atoms with Crippen molar-refractivity contribution in [2.24, 2.45) is 5.92 Å². The van der Waals surface area contributed by atoms with Gasteiger partial charge < -0.3 is 5.32 Å². The van der Waals surface area contributed by atoms with Crippen molar-refractivity contribution in [1.82, 2.24) is 25.5 Å². The lowest BCUT2D eigenvalue weighted by atomic mass is 10.1. The molecule has 1 aliphatic heterocycles. The zero-order valence-corrected chi connectivity index (χ0v) is 10.7. The highest BCUT2D eigenvalue weighted by Gasteiger charge is 2.20. The first kappa shape index (κ1) is 11.9. The summed E-state index contributed by atoms with van der Waals surface area (Å²) in [5.41, 5.74) is 0. The Morgan fingerprint density at radius 1 is 1.62 bits per heavy atom. The minimum absolute atomic E-state index is 0.231. The minimum atomic E-state index is 0.231. The number of hydrogen-bond acceptors (Lipinski definition) is 5. The molecule has 0 spiro atoms. The van der Waals surface area contributed by atoms with Gasteiger partial charge in [-0.2, -0.15) is 11.8 Å². The number of tetrazole rings is 1. The van der Waals surface area contributed by atoms with Gasteiger partial charge in [-0.25, -0.2) is 4.68 Å². The second-order valence-corrected chi connectivity index (χ2v) is 5.38. The highest BCUT2D eigenvalue weighted by atomic mass is 32.2. The summed E-state index contributed by atoms with van der Waals surface area (Å²) in [6, 6.07) is 0.231. The highest BCUT2D eigenvalue weighted by Crippen LogP contribution is 2.25. The largest absolute Gasteiger partial charge is 0.308 e. The third-order valence-electron chi connectivity index (χ3n) is 2.91. The fourth-order valence-corrected chi connectivity index (χ4v) is 3.29. The lowest BCUT2D eigenvalue weighted by molar-refractivity contribution is 0.418. The molecule has 5 nitrogen and oxygen atoms in total. The van der Waals surface area contributed by atoms with Gasteiger partial charge in [0.2, 0.25) is 0 Å². The van der Waals surface area contributed by atoms with Crippen molar-refractivity contribution in [3.8, 4) is 0 Å². The molecule has 2 atom stereocenters. The predicted octanol–water partition coefficient (Wildman–Crippen LogP) is 1.10. The van der Waals surface area contributed by atoms with Crippen LogP contribution >= 0.6 is 11.8 Å². The molecule has 1 aromatic heterocycles. The van der Waals surface area contributed by atoms with E-state index < -0.39 is 0 Å². The summed E-state index contributed by atoms with van der Waals surface area (Å²) in [6.07, 6.45) is 1.29. The van der Waals surface area contributed by atoms with Crippen molar-refractivity contribution in [2.45, 2.75) is 32.9 Å². The smallest absolute Gasteiger partial charge is 0.167 e. The van der Waals surface area contributed by atoms with E-state index in [-0.39, 0.29) is 6.04 Å². The van der Waals surface area contributed by atoms with Crippen LogP contribution in [0.2, 0.25) is 0 Å². The molecule has 1 aromatic rings. The van der Waals surface area contributed by atoms with E-state index in [0.717, 1.165) is 24.8 Å². The molecule has 90 valence electrons. The van der Waals surface area contributed by atoms with Crippen molar-refractivity contribution < 1.29 is 0 Å². The van der Waals surface area contributed by atoms with Gasteiger partial charge in [0, 0.05) is 6.54 Å². The zero-order valence-electron chi connectivity index (χ0n) is 9.89. The Labute approximate surface area is 100 Å². The molecular formula is C10H19N5S. The zero-order chi connectivity index (χ0) is 11.4. The van der Waals surface area contributed by atoms with Gasteiger partial charge in [-0.3, -0.25) is 0 Å². The molecule has 6 heteroatoms. The molecule has 2 rings (SSSR count). The number of hydrogen-bond donors (Lipinski definition) is 1. The topological polar surface area (TPSA) is 55.6 Å². The quantitative estimate of drug-likeness (QED) is 0.836. The van der Waals surface area contributed by atoms with Crippen LogP contribution in [0.1, 0.15) is 32.1 Å². The first-order chi connectivity index (χ1) is 7.81. The van der Waals surface area contributed by atoms with Crippen LogP contribution in [-0.2, 0) is 6.54 Å². The monoisotopic (exact) mass is 241 g/mol. The lowest BCUT2D eigenvalue weighted by Crippen LogP contribution is -2.23. The molecule has 0 radical (unpaired) electrons. The lowest BCUT2D eigenvalue weighted by Gasteiger charge is -2.14. The molecule has 2 heterocycles. The summed E-state index contributed by atoms with van der Waals surface area (Å²) in [5, 5.41) is 15.3. The second kappa shape index (κ2) is 5.63. The maximum Gasteiger partial charge on any atom is 0.167 e. The molecule has 16 heavy (non-hydrogen) atoms. The molecule has 0 aromatic carbocycles. The van der Waals surface area contributed by atoms with Crippen LogP contribution in [-0.4, -0.2) is 38.3 Å². The van der Waals surface area contributed by atoms with Gasteiger partial charge in [0.25, 0.3) is 0 Å². The molecule has 0 aliphatic carbocycles. The molecule has 1 saturated heterocycles. The fraction of sp³-hybridized carbons (Fsp3) is 0.900. The van der Waals surface area contributed by atoms with E-state index in [0.29, 0.717) is 0 Å². The van der Waals surface area contributed by atoms with Crippen LogP contribution < -0.4 is 5.32 Å². The summed E-state index contributed by atoms with van der Waals surface area (Å²) in [7, 11) is 0. The number of nitrogens with one attached hydrogen (secondary N) is 1. The average Bonchev–Trinajstić information content (AvgIpc) is 2.90. The van der Waals surface area contributed by atoms with Crippen LogP contribution in [0.3, 0.4) is 0 Å². The van der Waals surface area contributed by atoms with Crippen molar-refractivity contribution in [1.29, 1.82) is 0 Å². The van der Waals surface area contributed by atoms with Crippen LogP contribution in [0, 0.1) is 5.92 Å². The molecule has 0 amide bonds. The van der Waals surface area contributed by atoms with Crippen LogP contribution in [0.25, 0.3) is 0 Å². The Hall–Kier alpha value is -0.620. The summed E-state index contributed by atoms with van der Waals surface area (Å²) < 4.78 is 1.96. The number of thioether (sulfide) groups is 1. The van der Waals surface area contributed by atoms with Gasteiger partial charge in [0.15, 0.2) is 5.82 Å². The Morgan fingerprint density at radius 3 is 3.19 bits per heavy atom. The van der Waals surface area contributed by atoms with Crippen LogP contribution in [0.15, 0.2) is 0 Å². The van der Waals surface area contributed by atoms with E-state index in [1.165, 1.54) is 17.9 Å². The molecule has 1 N–H and O–H groups in total. The van der Waals surface area contributed by atoms with Gasteiger partial charge in [0.05, 0.1) is 6.04 Å². The summed E-state index contributed by atoms with van der Waals surface area (Å²) in [5.74, 6) is 4.22. The normalized spacial score (nSPS) is 22.5. The van der Waals surface area contributed by atoms with Crippen molar-refractivity contribution >= 4 is 11.8 Å². The fourth-order valence-electron chi connectivity index (χ4n) is 2.02. The molecule has 1 aliphatic rings. The summed E-state index contributed by atoms with van der Waals surface area (Å²) in [6.45, 7) is 6.10. The third-order valence-corrected chi connectivity index (χ3v) is 4.14. The van der Waals surface area contributed by atoms with E-state index in [2.05, 4.69) is 34.7 Å². The van der Waals surface area contributed by atoms with E-state index in [9.17, 15) is 0 Å². The second-order valence-electron chi connectivity index (χ2n) is 4.23. The number of rotatable bonds is 5. The molecule has 2 unspecified atom stereocenters. The van der Waals surface area contributed by atoms with Gasteiger partial charge in [0.1, 0.15) is 0 Å². The van der Waals surface area contributed by atoms with Gasteiger partial charge in [-0.05, 0) is 47.7 Å². The van der Waals surface area contributed by atoms with E-state index >= 15 is 0 Å². The summed E-state index contributed by atoms with van der Waals surface area (Å²) >= 11 is 2.03. The number of aromatic nitrogens is 4. The minimum Gasteiger partial charge on any atom is -0.308 e. The Morgan fingerprint density at radius 2 is 2.50 bits per heavy atom. The SMILES string of the molecule is CCNC(C)c1nnnn1CC1CCSC1. The molecule has 0 bridgehead atoms. The predicted molar refractivity (Wildman–Crippen MR) is 65.3 cm³/mol. The standard InChI is InChI=1S/C10H19N5S/c1-3-11-8(2)10-12-13-14-15(10)6-9-4-5-16-7-9/h8-9,11H,3-7H2,1-2H3. The maximum absolute atomic E-state index is 4.11. The first-order valence-electron chi connectivity index (χ1n) is 5.88. The van der Waals surface area contributed by atoms with Crippen molar-refractivity contribution in [3.05, 3.63) is 5.82 Å². The molecule has 1 fully saturated rings. The van der Waals surface area contributed by atoms with Crippen LogP contribution in [0.4, 0.5) is 0 Å². The van der Waals surface area contributed by atoms with E-state index in [1.807, 2.05) is 16.4 Å². The summed E-state index contributed by atoms with van der Waals surface area (Å²) in [4.78, 5) is 0. The van der Waals surface area contributed by atoms with Crippen molar-refractivity contribution in [2.75, 3.05) is 18.1 Å². The first-order valence-corrected chi connectivity index (χ1v) is 7.04. The van der Waals surface area contributed by atoms with Crippen molar-refractivity contribution in [3.63, 3.8) is 0 Å². The molecule has 0 saturated carbocycles. The average molecular weight is 241 g/mol. The number of nitrogens with zero attached hydrogens (tertiary/aromatic N) is 4. The van der Waals surface area contributed by atoms with Crippen LogP contribution in [0.5, 0.6) is 0 Å². The highest BCUT2D eigenvalue weighted by molar-refractivity contribution is 7.99.